The van der Waals surface area contributed by atoms with E-state index in [1.54, 1.807) is 61.2 Å². The Labute approximate surface area is 452 Å². The third kappa shape index (κ3) is 11.3. The van der Waals surface area contributed by atoms with Gasteiger partial charge in [0.05, 0.1) is 27.9 Å². The van der Waals surface area contributed by atoms with Gasteiger partial charge in [0, 0.05) is 87.1 Å². The highest BCUT2D eigenvalue weighted by Gasteiger charge is 2.21. The van der Waals surface area contributed by atoms with Gasteiger partial charge in [0.15, 0.2) is 22.1 Å². The van der Waals surface area contributed by atoms with Crippen LogP contribution in [-0.2, 0) is 20.6 Å². The lowest BCUT2D eigenvalue weighted by molar-refractivity contribution is 0.593. The second-order valence-electron chi connectivity index (χ2n) is 16.7. The van der Waals surface area contributed by atoms with E-state index in [0.717, 1.165) is 51.5 Å². The molecular weight excluding hydrogens is 1050 g/mol. The first-order valence-electron chi connectivity index (χ1n) is 23.4. The van der Waals surface area contributed by atoms with Gasteiger partial charge in [-0.2, -0.15) is 28.8 Å². The molecule has 12 aromatic rings. The summed E-state index contributed by atoms with van der Waals surface area (Å²) in [6.07, 6.45) is 13.7. The highest BCUT2D eigenvalue weighted by atomic mass is 32.2. The average molecular weight is 1100 g/mol. The molecule has 0 N–H and O–H groups in total. The number of anilines is 6. The van der Waals surface area contributed by atoms with Crippen LogP contribution < -0.4 is 14.7 Å². The Balaban J connectivity index is 0.000000132. The van der Waals surface area contributed by atoms with Gasteiger partial charge in [-0.05, 0) is 24.5 Å². The molecule has 0 saturated heterocycles. The van der Waals surface area contributed by atoms with E-state index in [-0.39, 0.29) is 10.3 Å². The predicted octanol–water partition coefficient (Wildman–Crippen LogP) is 6.91. The van der Waals surface area contributed by atoms with E-state index in [0.29, 0.717) is 45.9 Å². The van der Waals surface area contributed by atoms with E-state index >= 15 is 0 Å². The van der Waals surface area contributed by atoms with Gasteiger partial charge in [-0.25, -0.2) is 68.2 Å². The van der Waals surface area contributed by atoms with Crippen LogP contribution in [0.3, 0.4) is 0 Å². The normalized spacial score (nSPS) is 11.6. The van der Waals surface area contributed by atoms with Crippen LogP contribution in [0.15, 0.2) is 180 Å². The standard InChI is InChI=1S/C17H15N7O2S.C17H15N7OS.C17H15N7S/c1-23(14-8-9-18-16(22-14)27(2,25)26)17-21-13(12-6-4-3-5-7-12)10-15-19-11-20-24(15)17;1-23(14-8-9-18-16(22-14)26(2)25)17-21-13(12-6-4-3-5-7-12)10-15-19-11-20-24(15)17;1-23(14-8-9-18-16(22-14)25-2)17-21-13(12-6-4-3-5-7-12)10-15-19-11-20-24(15)17/h3-11H,1-2H3;3-11H,1-2H3;3-11H,1-2H3. The summed E-state index contributed by atoms with van der Waals surface area (Å²) in [6, 6.07) is 40.4. The van der Waals surface area contributed by atoms with E-state index in [1.807, 2.05) is 141 Å². The molecule has 24 nitrogen and oxygen atoms in total. The van der Waals surface area contributed by atoms with Gasteiger partial charge in [0.25, 0.3) is 0 Å². The number of hydrogen-bond donors (Lipinski definition) is 0. The largest absolute Gasteiger partial charge is 0.298 e. The van der Waals surface area contributed by atoms with Crippen molar-refractivity contribution in [1.29, 1.82) is 0 Å². The first-order chi connectivity index (χ1) is 37.8. The molecule has 0 aliphatic heterocycles. The number of nitrogens with zero attached hydrogens (tertiary/aromatic N) is 21. The maximum atomic E-state index is 11.8. The molecule has 0 spiro atoms. The minimum Gasteiger partial charge on any atom is -0.298 e. The summed E-state index contributed by atoms with van der Waals surface area (Å²) in [7, 11) is 0.661. The lowest BCUT2D eigenvalue weighted by Crippen LogP contribution is -2.19. The van der Waals surface area contributed by atoms with Gasteiger partial charge in [-0.1, -0.05) is 103 Å². The third-order valence-corrected chi connectivity index (χ3v) is 13.6. The Morgan fingerprint density at radius 3 is 1.23 bits per heavy atom. The Morgan fingerprint density at radius 2 is 0.846 bits per heavy atom. The van der Waals surface area contributed by atoms with Crippen molar-refractivity contribution in [3.8, 4) is 33.8 Å². The Hall–Kier alpha value is -9.60. The number of hydrogen-bond acceptors (Lipinski definition) is 22. The molecule has 27 heteroatoms. The molecule has 1 unspecified atom stereocenters. The fourth-order valence-electron chi connectivity index (χ4n) is 7.64. The van der Waals surface area contributed by atoms with Crippen LogP contribution in [0.2, 0.25) is 0 Å². The summed E-state index contributed by atoms with van der Waals surface area (Å²) in [4.78, 5) is 57.5. The molecule has 78 heavy (non-hydrogen) atoms. The zero-order chi connectivity index (χ0) is 54.3. The molecule has 3 aromatic carbocycles. The molecule has 390 valence electrons. The first-order valence-corrected chi connectivity index (χ1v) is 28.1. The smallest absolute Gasteiger partial charge is 0.248 e. The van der Waals surface area contributed by atoms with Crippen molar-refractivity contribution in [3.63, 3.8) is 0 Å². The minimum absolute atomic E-state index is 0.249. The topological polar surface area (TPSA) is 268 Å². The molecule has 9 aromatic heterocycles. The molecule has 1 atom stereocenters. The number of sulfone groups is 1. The molecular formula is C51H45N21O3S3. The van der Waals surface area contributed by atoms with Gasteiger partial charge in [-0.15, -0.1) is 0 Å². The number of rotatable bonds is 12. The van der Waals surface area contributed by atoms with Crippen LogP contribution in [-0.4, -0.2) is 141 Å². The summed E-state index contributed by atoms with van der Waals surface area (Å²) < 4.78 is 40.1. The second kappa shape index (κ2) is 22.7. The second-order valence-corrected chi connectivity index (χ2v) is 20.7. The monoisotopic (exact) mass is 1100 g/mol. The fourth-order valence-corrected chi connectivity index (χ4v) is 8.93. The molecule has 12 rings (SSSR count). The fraction of sp³-hybridized carbons (Fsp3) is 0.118. The number of benzene rings is 3. The molecule has 0 radical (unpaired) electrons. The van der Waals surface area contributed by atoms with Crippen molar-refractivity contribution in [2.75, 3.05) is 54.6 Å². The number of thioether (sulfide) groups is 1. The van der Waals surface area contributed by atoms with E-state index in [9.17, 15) is 12.6 Å². The average Bonchev–Trinajstić information content (AvgIpc) is 4.35. The number of fused-ring (bicyclic) bond motifs is 3. The summed E-state index contributed by atoms with van der Waals surface area (Å²) in [5.74, 6) is 3.32. The van der Waals surface area contributed by atoms with Crippen LogP contribution in [0.4, 0.5) is 35.3 Å². The van der Waals surface area contributed by atoms with Gasteiger partial charge in [0.2, 0.25) is 38.0 Å². The summed E-state index contributed by atoms with van der Waals surface area (Å²) in [6.45, 7) is 0. The van der Waals surface area contributed by atoms with E-state index in [4.69, 9.17) is 9.97 Å². The van der Waals surface area contributed by atoms with E-state index < -0.39 is 20.6 Å². The van der Waals surface area contributed by atoms with Crippen molar-refractivity contribution in [1.82, 2.24) is 88.6 Å². The maximum absolute atomic E-state index is 11.8. The van der Waals surface area contributed by atoms with Gasteiger partial charge >= 0.3 is 0 Å². The van der Waals surface area contributed by atoms with Crippen LogP contribution in [0, 0.1) is 0 Å². The van der Waals surface area contributed by atoms with Crippen LogP contribution in [0.1, 0.15) is 0 Å². The lowest BCUT2D eigenvalue weighted by atomic mass is 10.1. The zero-order valence-corrected chi connectivity index (χ0v) is 44.9. The molecule has 0 bridgehead atoms. The zero-order valence-electron chi connectivity index (χ0n) is 42.4. The van der Waals surface area contributed by atoms with Gasteiger partial charge < -0.3 is 0 Å². The Bertz CT molecular complexity index is 4190. The van der Waals surface area contributed by atoms with Crippen molar-refractivity contribution in [3.05, 3.63) is 165 Å². The summed E-state index contributed by atoms with van der Waals surface area (Å²) in [5.41, 5.74) is 7.28. The summed E-state index contributed by atoms with van der Waals surface area (Å²) in [5, 5.41) is 13.5. The van der Waals surface area contributed by atoms with Crippen LogP contribution in [0.5, 0.6) is 0 Å². The van der Waals surface area contributed by atoms with Crippen molar-refractivity contribution in [2.45, 2.75) is 15.5 Å². The van der Waals surface area contributed by atoms with E-state index in [1.165, 1.54) is 36.9 Å². The van der Waals surface area contributed by atoms with Crippen LogP contribution >= 0.6 is 11.8 Å². The predicted molar refractivity (Wildman–Crippen MR) is 296 cm³/mol. The van der Waals surface area contributed by atoms with Gasteiger partial charge in [0.1, 0.15) is 36.4 Å². The molecule has 0 fully saturated rings. The highest BCUT2D eigenvalue weighted by molar-refractivity contribution is 7.98. The third-order valence-electron chi connectivity index (χ3n) is 11.5. The van der Waals surface area contributed by atoms with Crippen molar-refractivity contribution in [2.24, 2.45) is 0 Å². The van der Waals surface area contributed by atoms with Gasteiger partial charge in [-0.3, -0.25) is 18.9 Å². The Kier molecular flexibility index (Phi) is 15.1. The minimum atomic E-state index is -3.53. The van der Waals surface area contributed by atoms with Crippen molar-refractivity contribution >= 4 is 84.6 Å². The summed E-state index contributed by atoms with van der Waals surface area (Å²) >= 11 is 1.50. The first kappa shape index (κ1) is 51.9. The molecule has 0 saturated carbocycles. The molecule has 0 amide bonds. The number of aromatic nitrogens is 18. The maximum Gasteiger partial charge on any atom is 0.248 e. The van der Waals surface area contributed by atoms with Crippen molar-refractivity contribution < 1.29 is 12.6 Å². The quantitative estimate of drug-likeness (QED) is 0.0888. The molecule has 9 heterocycles. The molecule has 0 aliphatic rings. The lowest BCUT2D eigenvalue weighted by Gasteiger charge is -2.18. The SMILES string of the molecule is CN(c1ccnc(S(C)(=O)=O)n1)c1nc(-c2ccccc2)cc2ncnn12.CN(c1ccnc(S(C)=O)n1)c1nc(-c2ccccc2)cc2ncnn12.CSc1nccc(N(C)c2nc(-c3ccccc3)cc3ncnn23)n1. The van der Waals surface area contributed by atoms with E-state index in [2.05, 4.69) is 65.1 Å². The van der Waals surface area contributed by atoms with Crippen LogP contribution in [0.25, 0.3) is 50.7 Å². The molecule has 0 aliphatic carbocycles. The Morgan fingerprint density at radius 1 is 0.474 bits per heavy atom. The highest BCUT2D eigenvalue weighted by Crippen LogP contribution is 2.29.